The molecule has 0 aliphatic carbocycles. The van der Waals surface area contributed by atoms with Crippen LogP contribution in [-0.2, 0) is 22.5 Å². The van der Waals surface area contributed by atoms with Gasteiger partial charge in [-0.1, -0.05) is 24.0 Å². The summed E-state index contributed by atoms with van der Waals surface area (Å²) in [6, 6.07) is 8.11. The molecule has 2 aromatic rings. The summed E-state index contributed by atoms with van der Waals surface area (Å²) in [5.41, 5.74) is 3.09. The van der Waals surface area contributed by atoms with Crippen LogP contribution in [0.25, 0.3) is 0 Å². The van der Waals surface area contributed by atoms with E-state index in [9.17, 15) is 4.79 Å². The van der Waals surface area contributed by atoms with Crippen molar-refractivity contribution in [3.8, 4) is 11.8 Å². The first-order chi connectivity index (χ1) is 10.2. The first-order valence-corrected chi connectivity index (χ1v) is 6.80. The second kappa shape index (κ2) is 7.30. The van der Waals surface area contributed by atoms with Crippen LogP contribution in [-0.4, -0.2) is 22.6 Å². The Labute approximate surface area is 124 Å². The van der Waals surface area contributed by atoms with Crippen LogP contribution in [0.5, 0.6) is 0 Å². The zero-order valence-corrected chi connectivity index (χ0v) is 12.3. The number of benzene rings is 1. The van der Waals surface area contributed by atoms with Gasteiger partial charge in [0.25, 0.3) is 0 Å². The molecule has 0 fully saturated rings. The molecule has 0 atom stereocenters. The predicted molar refractivity (Wildman–Crippen MR) is 80.6 cm³/mol. The first kappa shape index (κ1) is 14.9. The zero-order chi connectivity index (χ0) is 15.1. The van der Waals surface area contributed by atoms with Gasteiger partial charge in [0.05, 0.1) is 32.1 Å². The SMILES string of the molecule is COC(=O)CCc1cn(CC#Cc2cccc(C)c2)cn1. The minimum atomic E-state index is -0.219. The van der Waals surface area contributed by atoms with Crippen molar-refractivity contribution in [2.24, 2.45) is 0 Å². The van der Waals surface area contributed by atoms with Gasteiger partial charge in [-0.3, -0.25) is 4.79 Å². The Hall–Kier alpha value is -2.54. The molecule has 0 spiro atoms. The molecule has 1 aromatic carbocycles. The van der Waals surface area contributed by atoms with Crippen molar-refractivity contribution >= 4 is 5.97 Å². The topological polar surface area (TPSA) is 44.1 Å². The van der Waals surface area contributed by atoms with Crippen molar-refractivity contribution in [1.82, 2.24) is 9.55 Å². The molecule has 0 amide bonds. The molecular formula is C17H18N2O2. The molecule has 4 heteroatoms. The van der Waals surface area contributed by atoms with Crippen LogP contribution in [0.15, 0.2) is 36.8 Å². The summed E-state index contributed by atoms with van der Waals surface area (Å²) in [4.78, 5) is 15.3. The van der Waals surface area contributed by atoms with Gasteiger partial charge in [-0.05, 0) is 24.6 Å². The highest BCUT2D eigenvalue weighted by atomic mass is 16.5. The van der Waals surface area contributed by atoms with Crippen molar-refractivity contribution in [1.29, 1.82) is 0 Å². The van der Waals surface area contributed by atoms with Crippen LogP contribution in [0.2, 0.25) is 0 Å². The highest BCUT2D eigenvalue weighted by Gasteiger charge is 2.03. The number of hydrogen-bond donors (Lipinski definition) is 0. The predicted octanol–water partition coefficient (Wildman–Crippen LogP) is 2.35. The molecule has 0 radical (unpaired) electrons. The number of esters is 1. The lowest BCUT2D eigenvalue weighted by atomic mass is 10.1. The molecule has 108 valence electrons. The summed E-state index contributed by atoms with van der Waals surface area (Å²) in [7, 11) is 1.39. The zero-order valence-electron chi connectivity index (χ0n) is 12.3. The average Bonchev–Trinajstić information content (AvgIpc) is 2.93. The van der Waals surface area contributed by atoms with Crippen LogP contribution < -0.4 is 0 Å². The Morgan fingerprint density at radius 3 is 3.05 bits per heavy atom. The van der Waals surface area contributed by atoms with Gasteiger partial charge in [-0.2, -0.15) is 0 Å². The van der Waals surface area contributed by atoms with Gasteiger partial charge < -0.3 is 9.30 Å². The highest BCUT2D eigenvalue weighted by molar-refractivity contribution is 5.69. The van der Waals surface area contributed by atoms with Gasteiger partial charge in [0.15, 0.2) is 0 Å². The van der Waals surface area contributed by atoms with Gasteiger partial charge in [0.2, 0.25) is 0 Å². The van der Waals surface area contributed by atoms with Crippen molar-refractivity contribution in [2.45, 2.75) is 26.3 Å². The molecule has 0 saturated heterocycles. The number of aryl methyl sites for hydroxylation is 2. The minimum Gasteiger partial charge on any atom is -0.469 e. The van der Waals surface area contributed by atoms with Gasteiger partial charge in [-0.25, -0.2) is 4.98 Å². The molecule has 2 rings (SSSR count). The van der Waals surface area contributed by atoms with E-state index in [2.05, 4.69) is 40.6 Å². The van der Waals surface area contributed by atoms with E-state index in [-0.39, 0.29) is 5.97 Å². The summed E-state index contributed by atoms with van der Waals surface area (Å²) in [5.74, 6) is 6.03. The summed E-state index contributed by atoms with van der Waals surface area (Å²) in [6.45, 7) is 2.63. The van der Waals surface area contributed by atoms with Crippen LogP contribution in [0.1, 0.15) is 23.2 Å². The third-order valence-corrected chi connectivity index (χ3v) is 3.01. The molecule has 1 heterocycles. The average molecular weight is 282 g/mol. The van der Waals surface area contributed by atoms with Gasteiger partial charge >= 0.3 is 5.97 Å². The van der Waals surface area contributed by atoms with Gasteiger partial charge in [0, 0.05) is 18.2 Å². The van der Waals surface area contributed by atoms with E-state index in [1.54, 1.807) is 6.33 Å². The molecule has 0 saturated carbocycles. The van der Waals surface area contributed by atoms with E-state index < -0.39 is 0 Å². The number of nitrogens with zero attached hydrogens (tertiary/aromatic N) is 2. The van der Waals surface area contributed by atoms with E-state index >= 15 is 0 Å². The molecule has 4 nitrogen and oxygen atoms in total. The van der Waals surface area contributed by atoms with E-state index in [1.807, 2.05) is 22.9 Å². The number of methoxy groups -OCH3 is 1. The van der Waals surface area contributed by atoms with Crippen molar-refractivity contribution in [3.63, 3.8) is 0 Å². The van der Waals surface area contributed by atoms with Crippen LogP contribution in [0, 0.1) is 18.8 Å². The Morgan fingerprint density at radius 2 is 2.29 bits per heavy atom. The molecule has 0 N–H and O–H groups in total. The fourth-order valence-electron chi connectivity index (χ4n) is 1.91. The highest BCUT2D eigenvalue weighted by Crippen LogP contribution is 2.03. The summed E-state index contributed by atoms with van der Waals surface area (Å²) in [6.07, 6.45) is 4.58. The number of aromatic nitrogens is 2. The Balaban J connectivity index is 1.90. The fourth-order valence-corrected chi connectivity index (χ4v) is 1.91. The summed E-state index contributed by atoms with van der Waals surface area (Å²) >= 11 is 0. The third kappa shape index (κ3) is 4.81. The lowest BCUT2D eigenvalue weighted by molar-refractivity contribution is -0.140. The largest absolute Gasteiger partial charge is 0.469 e. The van der Waals surface area contributed by atoms with E-state index in [0.717, 1.165) is 11.3 Å². The molecular weight excluding hydrogens is 264 g/mol. The van der Waals surface area contributed by atoms with Crippen molar-refractivity contribution in [3.05, 3.63) is 53.6 Å². The van der Waals surface area contributed by atoms with E-state index in [4.69, 9.17) is 0 Å². The molecule has 0 aliphatic rings. The maximum absolute atomic E-state index is 11.1. The maximum Gasteiger partial charge on any atom is 0.305 e. The Kier molecular flexibility index (Phi) is 5.16. The number of imidazole rings is 1. The second-order valence-electron chi connectivity index (χ2n) is 4.78. The molecule has 1 aromatic heterocycles. The van der Waals surface area contributed by atoms with Gasteiger partial charge in [0.1, 0.15) is 0 Å². The summed E-state index contributed by atoms with van der Waals surface area (Å²) in [5, 5.41) is 0. The first-order valence-electron chi connectivity index (χ1n) is 6.80. The number of carbonyl (C=O) groups is 1. The maximum atomic E-state index is 11.1. The van der Waals surface area contributed by atoms with Crippen LogP contribution in [0.3, 0.4) is 0 Å². The number of ether oxygens (including phenoxy) is 1. The van der Waals surface area contributed by atoms with Gasteiger partial charge in [-0.15, -0.1) is 0 Å². The van der Waals surface area contributed by atoms with Crippen LogP contribution in [0.4, 0.5) is 0 Å². The lowest BCUT2D eigenvalue weighted by Gasteiger charge is -1.96. The molecule has 21 heavy (non-hydrogen) atoms. The summed E-state index contributed by atoms with van der Waals surface area (Å²) < 4.78 is 6.52. The van der Waals surface area contributed by atoms with E-state index in [1.165, 1.54) is 12.7 Å². The molecule has 0 aliphatic heterocycles. The minimum absolute atomic E-state index is 0.219. The Morgan fingerprint density at radius 1 is 1.43 bits per heavy atom. The number of hydrogen-bond acceptors (Lipinski definition) is 3. The quantitative estimate of drug-likeness (QED) is 0.638. The van der Waals surface area contributed by atoms with Crippen molar-refractivity contribution in [2.75, 3.05) is 7.11 Å². The lowest BCUT2D eigenvalue weighted by Crippen LogP contribution is -2.02. The normalized spacial score (nSPS) is 9.81. The monoisotopic (exact) mass is 282 g/mol. The smallest absolute Gasteiger partial charge is 0.305 e. The fraction of sp³-hybridized carbons (Fsp3) is 0.294. The second-order valence-corrected chi connectivity index (χ2v) is 4.78. The van der Waals surface area contributed by atoms with Crippen molar-refractivity contribution < 1.29 is 9.53 Å². The number of rotatable bonds is 4. The molecule has 0 bridgehead atoms. The third-order valence-electron chi connectivity index (χ3n) is 3.01. The van der Waals surface area contributed by atoms with E-state index in [0.29, 0.717) is 19.4 Å². The Bertz CT molecular complexity index is 677. The standard InChI is InChI=1S/C17H18N2O2/c1-14-5-3-6-15(11-14)7-4-10-19-12-16(18-13-19)8-9-17(20)21-2/h3,5-6,11-13H,8-10H2,1-2H3. The number of carbonyl (C=O) groups excluding carboxylic acids is 1. The molecule has 0 unspecified atom stereocenters. The van der Waals surface area contributed by atoms with Crippen LogP contribution >= 0.6 is 0 Å².